The molecule has 3 unspecified atom stereocenters. The number of nitrogens with one attached hydrogen (secondary N) is 1. The van der Waals surface area contributed by atoms with E-state index in [1.807, 2.05) is 0 Å². The van der Waals surface area contributed by atoms with Crippen molar-refractivity contribution in [3.8, 4) is 0 Å². The molecule has 0 spiro atoms. The lowest BCUT2D eigenvalue weighted by Crippen LogP contribution is -2.41. The zero-order valence-corrected chi connectivity index (χ0v) is 13.5. The van der Waals surface area contributed by atoms with E-state index in [1.165, 1.54) is 43.5 Å². The maximum atomic E-state index is 3.47. The Bertz CT molecular complexity index is 398. The maximum absolute atomic E-state index is 3.47. The molecule has 2 heteroatoms. The van der Waals surface area contributed by atoms with Crippen LogP contribution in [0.4, 0.5) is 0 Å². The molecular weight excluding hydrogens is 244 g/mol. The molecule has 1 saturated heterocycles. The second kappa shape index (κ2) is 7.24. The average molecular weight is 274 g/mol. The van der Waals surface area contributed by atoms with E-state index in [-0.39, 0.29) is 0 Å². The van der Waals surface area contributed by atoms with Crippen LogP contribution < -0.4 is 5.32 Å². The molecule has 1 N–H and O–H groups in total. The second-order valence-corrected chi connectivity index (χ2v) is 6.56. The van der Waals surface area contributed by atoms with Crippen molar-refractivity contribution in [2.75, 3.05) is 20.1 Å². The van der Waals surface area contributed by atoms with Crippen molar-refractivity contribution in [1.82, 2.24) is 10.2 Å². The zero-order chi connectivity index (χ0) is 14.5. The van der Waals surface area contributed by atoms with E-state index < -0.39 is 0 Å². The average Bonchev–Trinajstić information content (AvgIpc) is 2.43. The Morgan fingerprint density at radius 2 is 1.95 bits per heavy atom. The molecule has 1 aliphatic heterocycles. The first-order chi connectivity index (χ1) is 9.60. The van der Waals surface area contributed by atoms with Crippen LogP contribution in [-0.2, 0) is 0 Å². The fraction of sp³-hybridized carbons (Fsp3) is 0.667. The highest BCUT2D eigenvalue weighted by Crippen LogP contribution is 2.24. The molecule has 0 bridgehead atoms. The molecule has 0 amide bonds. The smallest absolute Gasteiger partial charge is 0.0329 e. The van der Waals surface area contributed by atoms with Gasteiger partial charge >= 0.3 is 0 Å². The number of hydrogen-bond acceptors (Lipinski definition) is 2. The van der Waals surface area contributed by atoms with Gasteiger partial charge in [0, 0.05) is 18.6 Å². The standard InChI is InChI=1S/C18H30N2/c1-14-5-7-17(8-6-14)18(19-4)10-12-20-11-9-15(2)13-16(20)3/h5-8,15-16,18-19H,9-13H2,1-4H3. The molecule has 1 aliphatic rings. The first kappa shape index (κ1) is 15.5. The molecule has 0 aliphatic carbocycles. The Hall–Kier alpha value is -0.860. The Morgan fingerprint density at radius 1 is 1.25 bits per heavy atom. The summed E-state index contributed by atoms with van der Waals surface area (Å²) in [7, 11) is 2.08. The van der Waals surface area contributed by atoms with Crippen molar-refractivity contribution in [3.63, 3.8) is 0 Å². The van der Waals surface area contributed by atoms with E-state index in [0.717, 1.165) is 12.0 Å². The van der Waals surface area contributed by atoms with Crippen molar-refractivity contribution in [3.05, 3.63) is 35.4 Å². The molecule has 3 atom stereocenters. The third kappa shape index (κ3) is 4.07. The van der Waals surface area contributed by atoms with Gasteiger partial charge in [0.2, 0.25) is 0 Å². The quantitative estimate of drug-likeness (QED) is 0.879. The minimum Gasteiger partial charge on any atom is -0.313 e. The van der Waals surface area contributed by atoms with E-state index >= 15 is 0 Å². The Balaban J connectivity index is 1.89. The van der Waals surface area contributed by atoms with Crippen molar-refractivity contribution in [2.45, 2.75) is 52.1 Å². The Labute approximate surface area is 124 Å². The summed E-state index contributed by atoms with van der Waals surface area (Å²) < 4.78 is 0. The monoisotopic (exact) mass is 274 g/mol. The van der Waals surface area contributed by atoms with E-state index in [2.05, 4.69) is 62.3 Å². The highest BCUT2D eigenvalue weighted by Gasteiger charge is 2.23. The summed E-state index contributed by atoms with van der Waals surface area (Å²) in [6.07, 6.45) is 3.91. The lowest BCUT2D eigenvalue weighted by atomic mass is 9.93. The van der Waals surface area contributed by atoms with Crippen LogP contribution in [0.15, 0.2) is 24.3 Å². The largest absolute Gasteiger partial charge is 0.313 e. The molecule has 2 nitrogen and oxygen atoms in total. The first-order valence-corrected chi connectivity index (χ1v) is 8.08. The number of piperidine rings is 1. The molecule has 0 aromatic heterocycles. The van der Waals surface area contributed by atoms with E-state index in [9.17, 15) is 0 Å². The first-order valence-electron chi connectivity index (χ1n) is 8.08. The van der Waals surface area contributed by atoms with Gasteiger partial charge in [-0.2, -0.15) is 0 Å². The summed E-state index contributed by atoms with van der Waals surface area (Å²) in [5.41, 5.74) is 2.75. The highest BCUT2D eigenvalue weighted by atomic mass is 15.2. The minimum absolute atomic E-state index is 0.474. The molecule has 1 aromatic rings. The van der Waals surface area contributed by atoms with Gasteiger partial charge in [-0.15, -0.1) is 0 Å². The van der Waals surface area contributed by atoms with Crippen LogP contribution in [-0.4, -0.2) is 31.1 Å². The van der Waals surface area contributed by atoms with Gasteiger partial charge < -0.3 is 10.2 Å². The predicted octanol–water partition coefficient (Wildman–Crippen LogP) is 3.77. The van der Waals surface area contributed by atoms with E-state index in [1.54, 1.807) is 0 Å². The van der Waals surface area contributed by atoms with E-state index in [4.69, 9.17) is 0 Å². The van der Waals surface area contributed by atoms with Gasteiger partial charge in [-0.3, -0.25) is 0 Å². The molecule has 1 aromatic carbocycles. The zero-order valence-electron chi connectivity index (χ0n) is 13.5. The number of rotatable bonds is 5. The Morgan fingerprint density at radius 3 is 2.55 bits per heavy atom. The van der Waals surface area contributed by atoms with Gasteiger partial charge in [-0.25, -0.2) is 0 Å². The highest BCUT2D eigenvalue weighted by molar-refractivity contribution is 5.24. The summed E-state index contributed by atoms with van der Waals surface area (Å²) in [4.78, 5) is 2.67. The predicted molar refractivity (Wildman–Crippen MR) is 87.0 cm³/mol. The summed E-state index contributed by atoms with van der Waals surface area (Å²) in [6.45, 7) is 9.39. The van der Waals surface area contributed by atoms with Gasteiger partial charge in [0.25, 0.3) is 0 Å². The fourth-order valence-electron chi connectivity index (χ4n) is 3.36. The number of nitrogens with zero attached hydrogens (tertiary/aromatic N) is 1. The van der Waals surface area contributed by atoms with Gasteiger partial charge in [0.1, 0.15) is 0 Å². The third-order valence-corrected chi connectivity index (χ3v) is 4.81. The van der Waals surface area contributed by atoms with Gasteiger partial charge in [-0.1, -0.05) is 36.8 Å². The van der Waals surface area contributed by atoms with Crippen LogP contribution in [0.2, 0.25) is 0 Å². The lowest BCUT2D eigenvalue weighted by Gasteiger charge is -2.37. The van der Waals surface area contributed by atoms with Crippen molar-refractivity contribution in [2.24, 2.45) is 5.92 Å². The third-order valence-electron chi connectivity index (χ3n) is 4.81. The normalized spacial score (nSPS) is 25.6. The van der Waals surface area contributed by atoms with E-state index in [0.29, 0.717) is 6.04 Å². The molecule has 112 valence electrons. The van der Waals surface area contributed by atoms with Crippen LogP contribution in [0.1, 0.15) is 50.3 Å². The number of hydrogen-bond donors (Lipinski definition) is 1. The summed E-state index contributed by atoms with van der Waals surface area (Å²) in [6, 6.07) is 10.2. The fourth-order valence-corrected chi connectivity index (χ4v) is 3.36. The lowest BCUT2D eigenvalue weighted by molar-refractivity contribution is 0.124. The SMILES string of the molecule is CNC(CCN1CCC(C)CC1C)c1ccc(C)cc1. The number of aryl methyl sites for hydroxylation is 1. The summed E-state index contributed by atoms with van der Waals surface area (Å²) in [5.74, 6) is 0.901. The van der Waals surface area contributed by atoms with Gasteiger partial charge in [0.05, 0.1) is 0 Å². The maximum Gasteiger partial charge on any atom is 0.0329 e. The summed E-state index contributed by atoms with van der Waals surface area (Å²) in [5, 5.41) is 3.47. The molecule has 1 heterocycles. The molecular formula is C18H30N2. The molecule has 0 saturated carbocycles. The topological polar surface area (TPSA) is 15.3 Å². The van der Waals surface area contributed by atoms with Crippen LogP contribution in [0, 0.1) is 12.8 Å². The molecule has 20 heavy (non-hydrogen) atoms. The van der Waals surface area contributed by atoms with Gasteiger partial charge in [-0.05, 0) is 58.2 Å². The van der Waals surface area contributed by atoms with Gasteiger partial charge in [0.15, 0.2) is 0 Å². The Kier molecular flexibility index (Phi) is 5.62. The van der Waals surface area contributed by atoms with Crippen molar-refractivity contribution < 1.29 is 0 Å². The number of benzene rings is 1. The van der Waals surface area contributed by atoms with Crippen LogP contribution in [0.3, 0.4) is 0 Å². The number of likely N-dealkylation sites (tertiary alicyclic amines) is 1. The van der Waals surface area contributed by atoms with Crippen LogP contribution in [0.25, 0.3) is 0 Å². The van der Waals surface area contributed by atoms with Crippen LogP contribution in [0.5, 0.6) is 0 Å². The molecule has 2 rings (SSSR count). The second-order valence-electron chi connectivity index (χ2n) is 6.56. The molecule has 1 fully saturated rings. The summed E-state index contributed by atoms with van der Waals surface area (Å²) >= 11 is 0. The minimum atomic E-state index is 0.474. The van der Waals surface area contributed by atoms with Crippen LogP contribution >= 0.6 is 0 Å². The van der Waals surface area contributed by atoms with Crippen molar-refractivity contribution in [1.29, 1.82) is 0 Å². The van der Waals surface area contributed by atoms with Crippen molar-refractivity contribution >= 4 is 0 Å². The molecule has 0 radical (unpaired) electrons.